The molecule has 0 aliphatic heterocycles. The summed E-state index contributed by atoms with van der Waals surface area (Å²) in [5.74, 6) is 2.25. The minimum Gasteiger partial charge on any atom is -0.496 e. The molecule has 0 bridgehead atoms. The van der Waals surface area contributed by atoms with Crippen LogP contribution < -0.4 is 19.6 Å². The predicted octanol–water partition coefficient (Wildman–Crippen LogP) is 4.38. The molecule has 1 N–H and O–H groups in total. The smallest absolute Gasteiger partial charge is 0.175 e. The Morgan fingerprint density at radius 2 is 1.84 bits per heavy atom. The van der Waals surface area contributed by atoms with Crippen LogP contribution in [0.2, 0.25) is 0 Å². The molecular formula is C19H23BrN2O3. The number of para-hydroxylation sites is 1. The van der Waals surface area contributed by atoms with Crippen LogP contribution in [0.3, 0.4) is 0 Å². The van der Waals surface area contributed by atoms with Crippen LogP contribution in [0, 0.1) is 0 Å². The van der Waals surface area contributed by atoms with Gasteiger partial charge in [0.1, 0.15) is 5.75 Å². The van der Waals surface area contributed by atoms with Crippen molar-refractivity contribution in [2.45, 2.75) is 20.4 Å². The van der Waals surface area contributed by atoms with E-state index in [4.69, 9.17) is 14.2 Å². The topological polar surface area (TPSA) is 52.1 Å². The molecule has 0 radical (unpaired) electrons. The molecule has 0 amide bonds. The number of hydrogen-bond donors (Lipinski definition) is 1. The molecule has 5 nitrogen and oxygen atoms in total. The third-order valence-corrected chi connectivity index (χ3v) is 3.98. The average molecular weight is 407 g/mol. The first-order valence-corrected chi connectivity index (χ1v) is 8.95. The molecule has 2 aromatic carbocycles. The van der Waals surface area contributed by atoms with E-state index >= 15 is 0 Å². The summed E-state index contributed by atoms with van der Waals surface area (Å²) >= 11 is 3.53. The van der Waals surface area contributed by atoms with Gasteiger partial charge in [-0.25, -0.2) is 0 Å². The van der Waals surface area contributed by atoms with Gasteiger partial charge in [0.15, 0.2) is 11.5 Å². The Morgan fingerprint density at radius 3 is 2.56 bits per heavy atom. The highest BCUT2D eigenvalue weighted by atomic mass is 79.9. The van der Waals surface area contributed by atoms with E-state index < -0.39 is 0 Å². The quantitative estimate of drug-likeness (QED) is 0.495. The summed E-state index contributed by atoms with van der Waals surface area (Å²) in [7, 11) is 1.66. The minimum atomic E-state index is 0.569. The summed E-state index contributed by atoms with van der Waals surface area (Å²) in [6, 6.07) is 11.7. The van der Waals surface area contributed by atoms with E-state index in [1.165, 1.54) is 0 Å². The van der Waals surface area contributed by atoms with Crippen molar-refractivity contribution in [2.24, 2.45) is 5.10 Å². The van der Waals surface area contributed by atoms with Crippen LogP contribution in [0.15, 0.2) is 46.0 Å². The molecule has 0 aliphatic carbocycles. The summed E-state index contributed by atoms with van der Waals surface area (Å²) in [5.41, 5.74) is 4.99. The number of rotatable bonds is 9. The lowest BCUT2D eigenvalue weighted by Gasteiger charge is -2.13. The van der Waals surface area contributed by atoms with Crippen molar-refractivity contribution in [2.75, 3.05) is 20.3 Å². The van der Waals surface area contributed by atoms with Crippen molar-refractivity contribution < 1.29 is 14.2 Å². The number of nitrogens with zero attached hydrogens (tertiary/aromatic N) is 1. The number of hydrogen-bond acceptors (Lipinski definition) is 5. The Balaban J connectivity index is 2.07. The molecule has 25 heavy (non-hydrogen) atoms. The lowest BCUT2D eigenvalue weighted by Crippen LogP contribution is -2.07. The largest absolute Gasteiger partial charge is 0.496 e. The van der Waals surface area contributed by atoms with E-state index in [0.717, 1.165) is 21.3 Å². The number of nitrogens with one attached hydrogen (secondary N) is 1. The zero-order valence-electron chi connectivity index (χ0n) is 14.7. The van der Waals surface area contributed by atoms with Crippen molar-refractivity contribution in [1.29, 1.82) is 0 Å². The van der Waals surface area contributed by atoms with Gasteiger partial charge >= 0.3 is 0 Å². The van der Waals surface area contributed by atoms with Crippen LogP contribution in [0.25, 0.3) is 0 Å². The van der Waals surface area contributed by atoms with Crippen LogP contribution in [-0.2, 0) is 6.54 Å². The van der Waals surface area contributed by atoms with Gasteiger partial charge in [-0.2, -0.15) is 5.10 Å². The Hall–Kier alpha value is -2.21. The molecule has 0 atom stereocenters. The van der Waals surface area contributed by atoms with Gasteiger partial charge in [0.05, 0.1) is 37.6 Å². The van der Waals surface area contributed by atoms with Crippen molar-refractivity contribution in [3.05, 3.63) is 52.0 Å². The molecule has 0 aliphatic rings. The molecule has 0 saturated heterocycles. The monoisotopic (exact) mass is 406 g/mol. The summed E-state index contributed by atoms with van der Waals surface area (Å²) in [4.78, 5) is 0. The zero-order chi connectivity index (χ0) is 18.1. The molecule has 0 fully saturated rings. The molecule has 2 aromatic rings. The van der Waals surface area contributed by atoms with E-state index in [0.29, 0.717) is 31.3 Å². The Labute approximate surface area is 157 Å². The molecule has 6 heteroatoms. The molecular weight excluding hydrogens is 384 g/mol. The highest BCUT2D eigenvalue weighted by molar-refractivity contribution is 9.10. The maximum absolute atomic E-state index is 5.66. The fraction of sp³-hybridized carbons (Fsp3) is 0.316. The summed E-state index contributed by atoms with van der Waals surface area (Å²) < 4.78 is 17.5. The molecule has 0 aromatic heterocycles. The van der Waals surface area contributed by atoms with Crippen LogP contribution in [0.1, 0.15) is 25.0 Å². The van der Waals surface area contributed by atoms with Gasteiger partial charge in [-0.15, -0.1) is 0 Å². The Bertz CT molecular complexity index is 720. The summed E-state index contributed by atoms with van der Waals surface area (Å²) in [5, 5.41) is 4.28. The standard InChI is InChI=1S/C19H23BrN2O3/c1-4-24-18-11-14(10-16(20)19(18)25-5-2)12-21-22-13-15-8-6-7-9-17(15)23-3/h6-12,22H,4-5,13H2,1-3H3/b21-12-. The lowest BCUT2D eigenvalue weighted by atomic mass is 10.2. The first-order chi connectivity index (χ1) is 12.2. The number of hydrazone groups is 1. The number of ether oxygens (including phenoxy) is 3. The van der Waals surface area contributed by atoms with Crippen LogP contribution in [0.5, 0.6) is 17.2 Å². The van der Waals surface area contributed by atoms with Crippen LogP contribution in [-0.4, -0.2) is 26.5 Å². The van der Waals surface area contributed by atoms with Crippen LogP contribution in [0.4, 0.5) is 0 Å². The van der Waals surface area contributed by atoms with Gasteiger partial charge < -0.3 is 19.6 Å². The second-order valence-electron chi connectivity index (χ2n) is 5.10. The zero-order valence-corrected chi connectivity index (χ0v) is 16.3. The first-order valence-electron chi connectivity index (χ1n) is 8.16. The highest BCUT2D eigenvalue weighted by Gasteiger charge is 2.11. The van der Waals surface area contributed by atoms with Gasteiger partial charge in [-0.1, -0.05) is 18.2 Å². The van der Waals surface area contributed by atoms with E-state index in [1.54, 1.807) is 13.3 Å². The Kier molecular flexibility index (Phi) is 7.60. The third-order valence-electron chi connectivity index (χ3n) is 3.39. The van der Waals surface area contributed by atoms with E-state index in [2.05, 4.69) is 26.5 Å². The van der Waals surface area contributed by atoms with Crippen molar-refractivity contribution in [3.63, 3.8) is 0 Å². The van der Waals surface area contributed by atoms with Gasteiger partial charge in [0.2, 0.25) is 0 Å². The second kappa shape index (κ2) is 9.93. The minimum absolute atomic E-state index is 0.569. The SMILES string of the molecule is CCOc1cc(/C=N\NCc2ccccc2OC)cc(Br)c1OCC. The van der Waals surface area contributed by atoms with Crippen molar-refractivity contribution in [1.82, 2.24) is 5.43 Å². The number of halogens is 1. The molecule has 2 rings (SSSR count). The normalized spacial score (nSPS) is 10.7. The number of methoxy groups -OCH3 is 1. The van der Waals surface area contributed by atoms with E-state index in [-0.39, 0.29) is 0 Å². The van der Waals surface area contributed by atoms with Crippen molar-refractivity contribution >= 4 is 22.1 Å². The summed E-state index contributed by atoms with van der Waals surface area (Å²) in [6.07, 6.45) is 1.75. The highest BCUT2D eigenvalue weighted by Crippen LogP contribution is 2.36. The molecule has 134 valence electrons. The fourth-order valence-electron chi connectivity index (χ4n) is 2.31. The van der Waals surface area contributed by atoms with Gasteiger partial charge in [0.25, 0.3) is 0 Å². The Morgan fingerprint density at radius 1 is 1.08 bits per heavy atom. The fourth-order valence-corrected chi connectivity index (χ4v) is 2.88. The predicted molar refractivity (Wildman–Crippen MR) is 104 cm³/mol. The van der Waals surface area contributed by atoms with E-state index in [9.17, 15) is 0 Å². The second-order valence-corrected chi connectivity index (χ2v) is 5.96. The average Bonchev–Trinajstić information content (AvgIpc) is 2.62. The molecule has 0 unspecified atom stereocenters. The van der Waals surface area contributed by atoms with Crippen molar-refractivity contribution in [3.8, 4) is 17.2 Å². The van der Waals surface area contributed by atoms with Gasteiger partial charge in [-0.3, -0.25) is 0 Å². The summed E-state index contributed by atoms with van der Waals surface area (Å²) in [6.45, 7) is 5.61. The maximum atomic E-state index is 5.66. The van der Waals surface area contributed by atoms with E-state index in [1.807, 2.05) is 50.2 Å². The maximum Gasteiger partial charge on any atom is 0.175 e. The van der Waals surface area contributed by atoms with Gasteiger partial charge in [0, 0.05) is 5.56 Å². The lowest BCUT2D eigenvalue weighted by molar-refractivity contribution is 0.286. The number of benzene rings is 2. The first kappa shape index (κ1) is 19.1. The molecule has 0 saturated carbocycles. The molecule has 0 spiro atoms. The van der Waals surface area contributed by atoms with Crippen LogP contribution >= 0.6 is 15.9 Å². The van der Waals surface area contributed by atoms with Gasteiger partial charge in [-0.05, 0) is 53.5 Å². The molecule has 0 heterocycles. The third kappa shape index (κ3) is 5.39.